The fraction of sp³-hybridized carbons (Fsp3) is 0.636. The zero-order chi connectivity index (χ0) is 9.14. The minimum absolute atomic E-state index is 0.604. The monoisotopic (exact) mass is 165 g/mol. The maximum absolute atomic E-state index is 2.38. The van der Waals surface area contributed by atoms with Gasteiger partial charge in [0, 0.05) is 6.04 Å². The Labute approximate surface area is 75.8 Å². The molecule has 0 bridgehead atoms. The summed E-state index contributed by atoms with van der Waals surface area (Å²) in [5.41, 5.74) is 1.47. The lowest BCUT2D eigenvalue weighted by Gasteiger charge is -2.24. The Balaban J connectivity index is 2.69. The van der Waals surface area contributed by atoms with E-state index >= 15 is 0 Å². The molecule has 0 spiro atoms. The van der Waals surface area contributed by atoms with Crippen molar-refractivity contribution >= 4 is 0 Å². The number of hydrogen-bond acceptors (Lipinski definition) is 1. The van der Waals surface area contributed by atoms with E-state index < -0.39 is 0 Å². The molecule has 0 radical (unpaired) electrons. The van der Waals surface area contributed by atoms with Gasteiger partial charge < -0.3 is 4.90 Å². The Hall–Kier alpha value is -0.560. The van der Waals surface area contributed by atoms with E-state index in [4.69, 9.17) is 0 Å². The maximum atomic E-state index is 2.38. The molecule has 1 unspecified atom stereocenters. The van der Waals surface area contributed by atoms with Crippen molar-refractivity contribution in [1.82, 2.24) is 4.90 Å². The lowest BCUT2D eigenvalue weighted by Crippen LogP contribution is -2.27. The minimum atomic E-state index is 0.604. The van der Waals surface area contributed by atoms with Crippen molar-refractivity contribution in [3.8, 4) is 0 Å². The third-order valence-corrected chi connectivity index (χ3v) is 2.40. The molecule has 1 atom stereocenters. The number of likely N-dealkylation sites (N-methyl/N-ethyl adjacent to an activating group) is 1. The van der Waals surface area contributed by atoms with Crippen LogP contribution in [0.3, 0.4) is 0 Å². The second-order valence-electron chi connectivity index (χ2n) is 3.99. The van der Waals surface area contributed by atoms with Crippen molar-refractivity contribution in [3.63, 3.8) is 0 Å². The first-order valence-corrected chi connectivity index (χ1v) is 4.66. The van der Waals surface area contributed by atoms with Gasteiger partial charge in [-0.05, 0) is 32.0 Å². The van der Waals surface area contributed by atoms with Gasteiger partial charge in [0.2, 0.25) is 0 Å². The van der Waals surface area contributed by atoms with Gasteiger partial charge in [-0.2, -0.15) is 0 Å². The zero-order valence-corrected chi connectivity index (χ0v) is 8.54. The van der Waals surface area contributed by atoms with Crippen LogP contribution in [0.4, 0.5) is 0 Å². The van der Waals surface area contributed by atoms with Crippen LogP contribution in [0.5, 0.6) is 0 Å². The third kappa shape index (κ3) is 2.21. The summed E-state index contributed by atoms with van der Waals surface area (Å²) in [6.07, 6.45) is 8.07. The quantitative estimate of drug-likeness (QED) is 0.607. The Morgan fingerprint density at radius 3 is 2.58 bits per heavy atom. The normalized spacial score (nSPS) is 23.5. The largest absolute Gasteiger partial charge is 0.303 e. The van der Waals surface area contributed by atoms with Crippen LogP contribution in [0.25, 0.3) is 0 Å². The standard InChI is InChI=1S/C11H19N/c1-9(2)10-6-5-7-11(8-10)12(3)4/h5-6,8-9,11H,7H2,1-4H3. The summed E-state index contributed by atoms with van der Waals surface area (Å²) in [5, 5.41) is 0. The molecule has 1 aliphatic rings. The fourth-order valence-electron chi connectivity index (χ4n) is 1.43. The second-order valence-corrected chi connectivity index (χ2v) is 3.99. The van der Waals surface area contributed by atoms with Crippen molar-refractivity contribution in [2.45, 2.75) is 26.3 Å². The molecule has 0 amide bonds. The van der Waals surface area contributed by atoms with Crippen LogP contribution in [0.2, 0.25) is 0 Å². The highest BCUT2D eigenvalue weighted by molar-refractivity contribution is 5.27. The summed E-state index contributed by atoms with van der Waals surface area (Å²) in [5.74, 6) is 0.656. The number of hydrogen-bond donors (Lipinski definition) is 0. The van der Waals surface area contributed by atoms with Gasteiger partial charge in [-0.25, -0.2) is 0 Å². The Morgan fingerprint density at radius 2 is 2.08 bits per heavy atom. The van der Waals surface area contributed by atoms with Gasteiger partial charge in [-0.1, -0.05) is 32.1 Å². The van der Waals surface area contributed by atoms with Crippen LogP contribution in [0, 0.1) is 5.92 Å². The third-order valence-electron chi connectivity index (χ3n) is 2.40. The molecular weight excluding hydrogens is 146 g/mol. The molecule has 0 fully saturated rings. The van der Waals surface area contributed by atoms with Crippen LogP contribution < -0.4 is 0 Å². The van der Waals surface area contributed by atoms with Crippen LogP contribution >= 0.6 is 0 Å². The SMILES string of the molecule is CC(C)C1=CC(N(C)C)CC=C1. The molecule has 0 aromatic heterocycles. The molecule has 1 nitrogen and oxygen atoms in total. The molecule has 0 aliphatic heterocycles. The zero-order valence-electron chi connectivity index (χ0n) is 8.54. The van der Waals surface area contributed by atoms with E-state index in [1.54, 1.807) is 0 Å². The van der Waals surface area contributed by atoms with E-state index in [2.05, 4.69) is 51.1 Å². The Bertz CT molecular complexity index is 199. The Kier molecular flexibility index (Phi) is 3.10. The highest BCUT2D eigenvalue weighted by Gasteiger charge is 2.12. The summed E-state index contributed by atoms with van der Waals surface area (Å²) in [6, 6.07) is 0.604. The topological polar surface area (TPSA) is 3.24 Å². The van der Waals surface area contributed by atoms with Gasteiger partial charge in [0.15, 0.2) is 0 Å². The van der Waals surface area contributed by atoms with Crippen molar-refractivity contribution < 1.29 is 0 Å². The lowest BCUT2D eigenvalue weighted by molar-refractivity contribution is 0.341. The molecular formula is C11H19N. The van der Waals surface area contributed by atoms with Crippen LogP contribution in [0.1, 0.15) is 20.3 Å². The van der Waals surface area contributed by atoms with E-state index in [1.807, 2.05) is 0 Å². The summed E-state index contributed by atoms with van der Waals surface area (Å²) < 4.78 is 0. The van der Waals surface area contributed by atoms with Gasteiger partial charge in [-0.3, -0.25) is 0 Å². The highest BCUT2D eigenvalue weighted by Crippen LogP contribution is 2.19. The fourth-order valence-corrected chi connectivity index (χ4v) is 1.43. The number of allylic oxidation sites excluding steroid dienone is 2. The first-order chi connectivity index (χ1) is 5.61. The average Bonchev–Trinajstić information content (AvgIpc) is 2.04. The molecule has 68 valence electrons. The summed E-state index contributed by atoms with van der Waals surface area (Å²) in [7, 11) is 4.27. The van der Waals surface area contributed by atoms with Gasteiger partial charge >= 0.3 is 0 Å². The predicted molar refractivity (Wildman–Crippen MR) is 54.2 cm³/mol. The van der Waals surface area contributed by atoms with Crippen LogP contribution in [-0.4, -0.2) is 25.0 Å². The van der Waals surface area contributed by atoms with Crippen molar-refractivity contribution in [2.24, 2.45) is 5.92 Å². The van der Waals surface area contributed by atoms with Crippen LogP contribution in [0.15, 0.2) is 23.8 Å². The molecule has 0 aromatic carbocycles. The molecule has 1 aliphatic carbocycles. The summed E-state index contributed by atoms with van der Waals surface area (Å²) >= 11 is 0. The maximum Gasteiger partial charge on any atom is 0.0312 e. The lowest BCUT2D eigenvalue weighted by atomic mass is 9.94. The highest BCUT2D eigenvalue weighted by atomic mass is 15.1. The Morgan fingerprint density at radius 1 is 1.42 bits per heavy atom. The van der Waals surface area contributed by atoms with E-state index in [0.29, 0.717) is 12.0 Å². The molecule has 1 rings (SSSR count). The molecule has 0 N–H and O–H groups in total. The predicted octanol–water partition coefficient (Wildman–Crippen LogP) is 2.46. The van der Waals surface area contributed by atoms with E-state index in [1.165, 1.54) is 5.57 Å². The van der Waals surface area contributed by atoms with Gasteiger partial charge in [0.05, 0.1) is 0 Å². The van der Waals surface area contributed by atoms with Gasteiger partial charge in [-0.15, -0.1) is 0 Å². The van der Waals surface area contributed by atoms with Crippen LogP contribution in [-0.2, 0) is 0 Å². The van der Waals surface area contributed by atoms with E-state index in [-0.39, 0.29) is 0 Å². The second kappa shape index (κ2) is 3.90. The van der Waals surface area contributed by atoms with Crippen molar-refractivity contribution in [1.29, 1.82) is 0 Å². The minimum Gasteiger partial charge on any atom is -0.303 e. The molecule has 0 saturated heterocycles. The average molecular weight is 165 g/mol. The van der Waals surface area contributed by atoms with Gasteiger partial charge in [0.1, 0.15) is 0 Å². The molecule has 1 heteroatoms. The smallest absolute Gasteiger partial charge is 0.0312 e. The van der Waals surface area contributed by atoms with E-state index in [9.17, 15) is 0 Å². The number of nitrogens with zero attached hydrogens (tertiary/aromatic N) is 1. The molecule has 12 heavy (non-hydrogen) atoms. The number of rotatable bonds is 2. The molecule has 0 saturated carbocycles. The summed E-state index contributed by atoms with van der Waals surface area (Å²) in [6.45, 7) is 4.49. The molecule has 0 aromatic rings. The summed E-state index contributed by atoms with van der Waals surface area (Å²) in [4.78, 5) is 2.27. The first kappa shape index (κ1) is 9.53. The van der Waals surface area contributed by atoms with Crippen molar-refractivity contribution in [3.05, 3.63) is 23.8 Å². The van der Waals surface area contributed by atoms with Crippen molar-refractivity contribution in [2.75, 3.05) is 14.1 Å². The first-order valence-electron chi connectivity index (χ1n) is 4.66. The van der Waals surface area contributed by atoms with E-state index in [0.717, 1.165) is 6.42 Å². The molecule has 0 heterocycles. The van der Waals surface area contributed by atoms with Gasteiger partial charge in [0.25, 0.3) is 0 Å².